The van der Waals surface area contributed by atoms with Crippen molar-refractivity contribution in [2.45, 2.75) is 32.8 Å². The summed E-state index contributed by atoms with van der Waals surface area (Å²) in [4.78, 5) is 0. The summed E-state index contributed by atoms with van der Waals surface area (Å²) >= 11 is 0. The number of unbranched alkanes of at least 4 members (excludes halogenated alkanes) is 1. The molecule has 1 nitrogen and oxygen atoms in total. The SMILES string of the molecule is CCCCOC(C)c1ccc(F)cc1. The van der Waals surface area contributed by atoms with Gasteiger partial charge < -0.3 is 4.74 Å². The number of benzene rings is 1. The van der Waals surface area contributed by atoms with Gasteiger partial charge in [0, 0.05) is 6.61 Å². The van der Waals surface area contributed by atoms with Gasteiger partial charge in [-0.05, 0) is 31.0 Å². The van der Waals surface area contributed by atoms with E-state index in [9.17, 15) is 4.39 Å². The lowest BCUT2D eigenvalue weighted by Crippen LogP contribution is -2.01. The van der Waals surface area contributed by atoms with Gasteiger partial charge in [-0.2, -0.15) is 0 Å². The molecule has 14 heavy (non-hydrogen) atoms. The fourth-order valence-electron chi connectivity index (χ4n) is 1.23. The first kappa shape index (κ1) is 11.2. The molecule has 0 N–H and O–H groups in total. The van der Waals surface area contributed by atoms with Crippen LogP contribution in [0.25, 0.3) is 0 Å². The fraction of sp³-hybridized carbons (Fsp3) is 0.500. The summed E-state index contributed by atoms with van der Waals surface area (Å²) in [5.41, 5.74) is 1.03. The third-order valence-corrected chi connectivity index (χ3v) is 2.21. The first-order valence-corrected chi connectivity index (χ1v) is 5.11. The van der Waals surface area contributed by atoms with Crippen molar-refractivity contribution >= 4 is 0 Å². The second-order valence-electron chi connectivity index (χ2n) is 3.42. The molecule has 0 aliphatic carbocycles. The highest BCUT2D eigenvalue weighted by atomic mass is 19.1. The fourth-order valence-corrected chi connectivity index (χ4v) is 1.23. The minimum atomic E-state index is -0.200. The summed E-state index contributed by atoms with van der Waals surface area (Å²) in [5.74, 6) is -0.200. The highest BCUT2D eigenvalue weighted by Gasteiger charge is 2.04. The summed E-state index contributed by atoms with van der Waals surface area (Å²) in [6, 6.07) is 6.47. The summed E-state index contributed by atoms with van der Waals surface area (Å²) < 4.78 is 18.2. The number of ether oxygens (including phenoxy) is 1. The zero-order chi connectivity index (χ0) is 10.4. The van der Waals surface area contributed by atoms with Gasteiger partial charge in [0.25, 0.3) is 0 Å². The minimum Gasteiger partial charge on any atom is -0.374 e. The van der Waals surface area contributed by atoms with Crippen molar-refractivity contribution in [2.24, 2.45) is 0 Å². The summed E-state index contributed by atoms with van der Waals surface area (Å²) in [6.45, 7) is 4.89. The van der Waals surface area contributed by atoms with Crippen LogP contribution in [-0.4, -0.2) is 6.61 Å². The van der Waals surface area contributed by atoms with Gasteiger partial charge in [0.2, 0.25) is 0 Å². The Morgan fingerprint density at radius 2 is 1.93 bits per heavy atom. The molecule has 0 aromatic heterocycles. The predicted molar refractivity (Wildman–Crippen MR) is 55.7 cm³/mol. The third kappa shape index (κ3) is 3.46. The molecular formula is C12H17FO. The highest BCUT2D eigenvalue weighted by Crippen LogP contribution is 2.17. The standard InChI is InChI=1S/C12H17FO/c1-3-4-9-14-10(2)11-5-7-12(13)8-6-11/h5-8,10H,3-4,9H2,1-2H3. The molecular weight excluding hydrogens is 179 g/mol. The van der Waals surface area contributed by atoms with E-state index in [0.717, 1.165) is 25.0 Å². The topological polar surface area (TPSA) is 9.23 Å². The molecule has 1 aromatic rings. The predicted octanol–water partition coefficient (Wildman–Crippen LogP) is 3.70. The molecule has 0 saturated carbocycles. The van der Waals surface area contributed by atoms with Crippen LogP contribution < -0.4 is 0 Å². The van der Waals surface area contributed by atoms with E-state index in [1.54, 1.807) is 12.1 Å². The third-order valence-electron chi connectivity index (χ3n) is 2.21. The number of hydrogen-bond donors (Lipinski definition) is 0. The van der Waals surface area contributed by atoms with E-state index >= 15 is 0 Å². The molecule has 78 valence electrons. The van der Waals surface area contributed by atoms with E-state index < -0.39 is 0 Å². The van der Waals surface area contributed by atoms with Gasteiger partial charge in [-0.1, -0.05) is 25.5 Å². The lowest BCUT2D eigenvalue weighted by Gasteiger charge is -2.12. The van der Waals surface area contributed by atoms with Crippen LogP contribution in [0.3, 0.4) is 0 Å². The first-order chi connectivity index (χ1) is 6.74. The molecule has 0 amide bonds. The van der Waals surface area contributed by atoms with Crippen molar-refractivity contribution in [1.29, 1.82) is 0 Å². The normalized spacial score (nSPS) is 12.8. The van der Waals surface area contributed by atoms with E-state index in [2.05, 4.69) is 6.92 Å². The Labute approximate surface area is 84.9 Å². The number of rotatable bonds is 5. The van der Waals surface area contributed by atoms with Crippen molar-refractivity contribution in [2.75, 3.05) is 6.61 Å². The van der Waals surface area contributed by atoms with Gasteiger partial charge >= 0.3 is 0 Å². The Bertz CT molecular complexity index is 256. The Morgan fingerprint density at radius 1 is 1.29 bits per heavy atom. The molecule has 0 aliphatic rings. The zero-order valence-corrected chi connectivity index (χ0v) is 8.79. The smallest absolute Gasteiger partial charge is 0.123 e. The van der Waals surface area contributed by atoms with Gasteiger partial charge in [-0.3, -0.25) is 0 Å². The van der Waals surface area contributed by atoms with Crippen molar-refractivity contribution in [3.05, 3.63) is 35.6 Å². The molecule has 1 unspecified atom stereocenters. The second kappa shape index (κ2) is 5.76. The van der Waals surface area contributed by atoms with E-state index in [4.69, 9.17) is 4.74 Å². The molecule has 0 heterocycles. The quantitative estimate of drug-likeness (QED) is 0.652. The Hall–Kier alpha value is -0.890. The summed E-state index contributed by atoms with van der Waals surface area (Å²) in [5, 5.41) is 0. The van der Waals surface area contributed by atoms with Crippen LogP contribution in [0.5, 0.6) is 0 Å². The van der Waals surface area contributed by atoms with E-state index in [0.29, 0.717) is 0 Å². The van der Waals surface area contributed by atoms with E-state index in [-0.39, 0.29) is 11.9 Å². The van der Waals surface area contributed by atoms with Gasteiger partial charge in [-0.15, -0.1) is 0 Å². The van der Waals surface area contributed by atoms with Crippen LogP contribution in [0.4, 0.5) is 4.39 Å². The summed E-state index contributed by atoms with van der Waals surface area (Å²) in [7, 11) is 0. The maximum absolute atomic E-state index is 12.6. The molecule has 0 aliphatic heterocycles. The van der Waals surface area contributed by atoms with Crippen molar-refractivity contribution in [3.8, 4) is 0 Å². The molecule has 0 radical (unpaired) electrons. The van der Waals surface area contributed by atoms with Crippen molar-refractivity contribution < 1.29 is 9.13 Å². The second-order valence-corrected chi connectivity index (χ2v) is 3.42. The minimum absolute atomic E-state index is 0.0575. The molecule has 0 bridgehead atoms. The largest absolute Gasteiger partial charge is 0.374 e. The lowest BCUT2D eigenvalue weighted by molar-refractivity contribution is 0.0636. The highest BCUT2D eigenvalue weighted by molar-refractivity contribution is 5.17. The Morgan fingerprint density at radius 3 is 2.50 bits per heavy atom. The van der Waals surface area contributed by atoms with E-state index in [1.807, 2.05) is 6.92 Å². The lowest BCUT2D eigenvalue weighted by atomic mass is 10.1. The molecule has 2 heteroatoms. The van der Waals surface area contributed by atoms with Crippen LogP contribution in [-0.2, 0) is 4.74 Å². The van der Waals surface area contributed by atoms with Crippen LogP contribution >= 0.6 is 0 Å². The number of hydrogen-bond acceptors (Lipinski definition) is 1. The van der Waals surface area contributed by atoms with Crippen molar-refractivity contribution in [3.63, 3.8) is 0 Å². The zero-order valence-electron chi connectivity index (χ0n) is 8.79. The Balaban J connectivity index is 2.43. The maximum Gasteiger partial charge on any atom is 0.123 e. The Kier molecular flexibility index (Phi) is 4.60. The van der Waals surface area contributed by atoms with Gasteiger partial charge in [0.15, 0.2) is 0 Å². The monoisotopic (exact) mass is 196 g/mol. The van der Waals surface area contributed by atoms with Gasteiger partial charge in [0.05, 0.1) is 6.10 Å². The van der Waals surface area contributed by atoms with Crippen LogP contribution in [0, 0.1) is 5.82 Å². The number of halogens is 1. The average Bonchev–Trinajstić information content (AvgIpc) is 2.19. The van der Waals surface area contributed by atoms with Crippen molar-refractivity contribution in [1.82, 2.24) is 0 Å². The molecule has 0 saturated heterocycles. The molecule has 0 fully saturated rings. The first-order valence-electron chi connectivity index (χ1n) is 5.11. The molecule has 1 atom stereocenters. The molecule has 1 aromatic carbocycles. The van der Waals surface area contributed by atoms with Crippen LogP contribution in [0.15, 0.2) is 24.3 Å². The van der Waals surface area contributed by atoms with E-state index in [1.165, 1.54) is 12.1 Å². The van der Waals surface area contributed by atoms with Crippen LogP contribution in [0.1, 0.15) is 38.4 Å². The summed E-state index contributed by atoms with van der Waals surface area (Å²) in [6.07, 6.45) is 2.27. The van der Waals surface area contributed by atoms with Crippen LogP contribution in [0.2, 0.25) is 0 Å². The average molecular weight is 196 g/mol. The van der Waals surface area contributed by atoms with Gasteiger partial charge in [0.1, 0.15) is 5.82 Å². The van der Waals surface area contributed by atoms with Gasteiger partial charge in [-0.25, -0.2) is 4.39 Å². The molecule has 0 spiro atoms. The molecule has 1 rings (SSSR count). The maximum atomic E-state index is 12.6.